The van der Waals surface area contributed by atoms with Crippen LogP contribution in [0.1, 0.15) is 20.3 Å². The van der Waals surface area contributed by atoms with Crippen LogP contribution in [0.3, 0.4) is 0 Å². The summed E-state index contributed by atoms with van der Waals surface area (Å²) in [4.78, 5) is 20.1. The Morgan fingerprint density at radius 2 is 1.33 bits per heavy atom. The standard InChI is InChI=1S/C5H8O2.La.H2O/c1-4(6)3-5(2)7;;/h3H2,1-2H3;;1H2/q;+3;. The van der Waals surface area contributed by atoms with Gasteiger partial charge in [-0.1, -0.05) is 0 Å². The summed E-state index contributed by atoms with van der Waals surface area (Å²) in [6, 6.07) is 0. The SMILES string of the molecule is CC(=O)CC(C)=O.O.[La+3]. The second-order valence-corrected chi connectivity index (χ2v) is 1.58. The van der Waals surface area contributed by atoms with Crippen LogP contribution in [0.4, 0.5) is 0 Å². The minimum Gasteiger partial charge on any atom is -0.412 e. The van der Waals surface area contributed by atoms with E-state index < -0.39 is 0 Å². The van der Waals surface area contributed by atoms with Crippen molar-refractivity contribution in [2.45, 2.75) is 20.3 Å². The average molecular weight is 257 g/mol. The van der Waals surface area contributed by atoms with Crippen LogP contribution in [0.2, 0.25) is 0 Å². The Balaban J connectivity index is -0.000000180. The molecule has 0 aliphatic heterocycles. The van der Waals surface area contributed by atoms with Gasteiger partial charge < -0.3 is 5.48 Å². The zero-order valence-corrected chi connectivity index (χ0v) is 9.23. The fourth-order valence-electron chi connectivity index (χ4n) is 0.351. The summed E-state index contributed by atoms with van der Waals surface area (Å²) in [6.45, 7) is 2.81. The maximum atomic E-state index is 10.0. The number of hydrogen-bond donors (Lipinski definition) is 0. The topological polar surface area (TPSA) is 65.6 Å². The minimum atomic E-state index is -0.0625. The average Bonchev–Trinajstić information content (AvgIpc) is 1.27. The molecule has 2 N–H and O–H groups in total. The van der Waals surface area contributed by atoms with Crippen molar-refractivity contribution in [2.75, 3.05) is 0 Å². The molecule has 3 nitrogen and oxygen atoms in total. The minimum absolute atomic E-state index is 0. The van der Waals surface area contributed by atoms with Crippen LogP contribution in [-0.4, -0.2) is 17.0 Å². The third-order valence-corrected chi connectivity index (χ3v) is 0.498. The van der Waals surface area contributed by atoms with Gasteiger partial charge in [0.05, 0.1) is 6.42 Å². The molecule has 0 unspecified atom stereocenters. The molecule has 4 heteroatoms. The Hall–Kier alpha value is 0.495. The van der Waals surface area contributed by atoms with Gasteiger partial charge in [-0.3, -0.25) is 9.59 Å². The first-order valence-electron chi connectivity index (χ1n) is 2.12. The van der Waals surface area contributed by atoms with Gasteiger partial charge in [0.25, 0.3) is 0 Å². The van der Waals surface area contributed by atoms with Crippen molar-refractivity contribution in [3.63, 3.8) is 0 Å². The summed E-state index contributed by atoms with van der Waals surface area (Å²) in [5, 5.41) is 0. The van der Waals surface area contributed by atoms with Crippen molar-refractivity contribution >= 4 is 11.6 Å². The van der Waals surface area contributed by atoms with Crippen LogP contribution in [-0.2, 0) is 9.59 Å². The molecule has 0 amide bonds. The van der Waals surface area contributed by atoms with Crippen LogP contribution < -0.4 is 0 Å². The van der Waals surface area contributed by atoms with E-state index in [4.69, 9.17) is 0 Å². The first-order chi connectivity index (χ1) is 3.13. The van der Waals surface area contributed by atoms with Crippen molar-refractivity contribution in [2.24, 2.45) is 0 Å². The Morgan fingerprint density at radius 1 is 1.11 bits per heavy atom. The maximum Gasteiger partial charge on any atom is 3.00 e. The van der Waals surface area contributed by atoms with Gasteiger partial charge in [-0.15, -0.1) is 0 Å². The molecule has 0 saturated carbocycles. The van der Waals surface area contributed by atoms with E-state index in [-0.39, 0.29) is 59.1 Å². The number of ketones is 2. The molecule has 0 aliphatic rings. The monoisotopic (exact) mass is 257 g/mol. The molecular formula is C5H10LaO3+3. The van der Waals surface area contributed by atoms with E-state index in [1.165, 1.54) is 13.8 Å². The van der Waals surface area contributed by atoms with Crippen LogP contribution >= 0.6 is 0 Å². The molecular weight excluding hydrogens is 247 g/mol. The van der Waals surface area contributed by atoms with Gasteiger partial charge in [-0.05, 0) is 13.8 Å². The zero-order chi connectivity index (χ0) is 5.86. The van der Waals surface area contributed by atoms with Gasteiger partial charge in [0.15, 0.2) is 0 Å². The first-order valence-corrected chi connectivity index (χ1v) is 2.12. The number of hydrogen-bond acceptors (Lipinski definition) is 2. The predicted octanol–water partition coefficient (Wildman–Crippen LogP) is -0.270. The molecule has 0 atom stereocenters. The van der Waals surface area contributed by atoms with Gasteiger partial charge in [-0.2, -0.15) is 0 Å². The summed E-state index contributed by atoms with van der Waals surface area (Å²) in [5.74, 6) is -0.125. The van der Waals surface area contributed by atoms with E-state index in [2.05, 4.69) is 0 Å². The smallest absolute Gasteiger partial charge is 0.412 e. The zero-order valence-electron chi connectivity index (χ0n) is 5.60. The second kappa shape index (κ2) is 8.49. The molecule has 0 aromatic rings. The molecule has 0 spiro atoms. The van der Waals surface area contributed by atoms with Gasteiger partial charge in [0, 0.05) is 0 Å². The summed E-state index contributed by atoms with van der Waals surface area (Å²) in [6.07, 6.45) is 0.0833. The van der Waals surface area contributed by atoms with Gasteiger partial charge >= 0.3 is 35.6 Å². The Bertz CT molecular complexity index is 88.4. The van der Waals surface area contributed by atoms with Gasteiger partial charge in [0.1, 0.15) is 11.6 Å². The number of carbonyl (C=O) groups excluding carboxylic acids is 2. The van der Waals surface area contributed by atoms with E-state index in [1.807, 2.05) is 0 Å². The molecule has 0 saturated heterocycles. The third-order valence-electron chi connectivity index (χ3n) is 0.498. The fourth-order valence-corrected chi connectivity index (χ4v) is 0.351. The Kier molecular flexibility index (Phi) is 15.3. The molecule has 9 heavy (non-hydrogen) atoms. The van der Waals surface area contributed by atoms with Crippen LogP contribution in [0, 0.1) is 35.6 Å². The normalized spacial score (nSPS) is 6.44. The second-order valence-electron chi connectivity index (χ2n) is 1.58. The molecule has 0 aromatic carbocycles. The Labute approximate surface area is 82.1 Å². The summed E-state index contributed by atoms with van der Waals surface area (Å²) < 4.78 is 0. The van der Waals surface area contributed by atoms with E-state index in [0.717, 1.165) is 0 Å². The molecule has 0 heterocycles. The summed E-state index contributed by atoms with van der Waals surface area (Å²) >= 11 is 0. The van der Waals surface area contributed by atoms with Gasteiger partial charge in [-0.25, -0.2) is 0 Å². The summed E-state index contributed by atoms with van der Waals surface area (Å²) in [5.41, 5.74) is 0. The molecule has 0 rings (SSSR count). The molecule has 0 radical (unpaired) electrons. The largest absolute Gasteiger partial charge is 3.00 e. The fraction of sp³-hybridized carbons (Fsp3) is 0.600. The number of rotatable bonds is 2. The Morgan fingerprint density at radius 3 is 1.33 bits per heavy atom. The molecule has 0 fully saturated rings. The third kappa shape index (κ3) is 17.7. The molecule has 0 aromatic heterocycles. The van der Waals surface area contributed by atoms with Crippen molar-refractivity contribution in [3.05, 3.63) is 0 Å². The van der Waals surface area contributed by atoms with E-state index in [0.29, 0.717) is 0 Å². The number of carbonyl (C=O) groups is 2. The van der Waals surface area contributed by atoms with Gasteiger partial charge in [0.2, 0.25) is 0 Å². The molecule has 48 valence electrons. The van der Waals surface area contributed by atoms with E-state index in [9.17, 15) is 9.59 Å². The van der Waals surface area contributed by atoms with E-state index in [1.54, 1.807) is 0 Å². The molecule has 0 bridgehead atoms. The van der Waals surface area contributed by atoms with Crippen molar-refractivity contribution in [3.8, 4) is 0 Å². The van der Waals surface area contributed by atoms with Crippen molar-refractivity contribution in [1.29, 1.82) is 0 Å². The van der Waals surface area contributed by atoms with Crippen LogP contribution in [0.25, 0.3) is 0 Å². The predicted molar refractivity (Wildman–Crippen MR) is 29.6 cm³/mol. The van der Waals surface area contributed by atoms with E-state index >= 15 is 0 Å². The number of Topliss-reactive ketones (excluding diaryl/α,β-unsaturated/α-hetero) is 2. The van der Waals surface area contributed by atoms with Crippen LogP contribution in [0.5, 0.6) is 0 Å². The van der Waals surface area contributed by atoms with Crippen LogP contribution in [0.15, 0.2) is 0 Å². The summed E-state index contributed by atoms with van der Waals surface area (Å²) in [7, 11) is 0. The maximum absolute atomic E-state index is 10.0. The quantitative estimate of drug-likeness (QED) is 0.639. The molecule has 0 aliphatic carbocycles. The first kappa shape index (κ1) is 16.2. The van der Waals surface area contributed by atoms with Crippen molar-refractivity contribution in [1.82, 2.24) is 0 Å². The van der Waals surface area contributed by atoms with Crippen molar-refractivity contribution < 1.29 is 50.7 Å².